The van der Waals surface area contributed by atoms with E-state index in [1.54, 1.807) is 4.68 Å². The van der Waals surface area contributed by atoms with Crippen LogP contribution in [0.4, 0.5) is 5.82 Å². The summed E-state index contributed by atoms with van der Waals surface area (Å²) in [6, 6.07) is 11.9. The largest absolute Gasteiger partial charge is 0.381 e. The molecular weight excluding hydrogens is 240 g/mol. The minimum atomic E-state index is 0.461. The van der Waals surface area contributed by atoms with Crippen LogP contribution in [0.15, 0.2) is 42.6 Å². The lowest BCUT2D eigenvalue weighted by molar-refractivity contribution is 0.617. The van der Waals surface area contributed by atoms with Gasteiger partial charge in [0.25, 0.3) is 0 Å². The lowest BCUT2D eigenvalue weighted by Gasteiger charge is -2.01. The Kier molecular flexibility index (Phi) is 2.75. The fourth-order valence-corrected chi connectivity index (χ4v) is 1.85. The van der Waals surface area contributed by atoms with Crippen molar-refractivity contribution >= 4 is 5.82 Å². The van der Waals surface area contributed by atoms with Gasteiger partial charge >= 0.3 is 0 Å². The van der Waals surface area contributed by atoms with Crippen molar-refractivity contribution in [3.63, 3.8) is 0 Å². The summed E-state index contributed by atoms with van der Waals surface area (Å²) in [5.74, 6) is 0.461. The van der Waals surface area contributed by atoms with E-state index in [9.17, 15) is 0 Å². The molecule has 0 radical (unpaired) electrons. The van der Waals surface area contributed by atoms with Crippen LogP contribution in [-0.2, 0) is 6.54 Å². The molecule has 0 aliphatic heterocycles. The van der Waals surface area contributed by atoms with E-state index in [1.807, 2.05) is 54.2 Å². The van der Waals surface area contributed by atoms with E-state index < -0.39 is 0 Å². The second-order valence-electron chi connectivity index (χ2n) is 4.30. The number of para-hydroxylation sites is 1. The summed E-state index contributed by atoms with van der Waals surface area (Å²) in [6.07, 6.45) is 1.93. The van der Waals surface area contributed by atoms with Crippen molar-refractivity contribution in [3.05, 3.63) is 54.0 Å². The summed E-state index contributed by atoms with van der Waals surface area (Å²) in [5, 5.41) is 12.3. The maximum Gasteiger partial charge on any atom is 0.168 e. The second kappa shape index (κ2) is 4.56. The number of nitrogen functional groups attached to an aromatic ring is 1. The van der Waals surface area contributed by atoms with Gasteiger partial charge in [-0.25, -0.2) is 9.36 Å². The van der Waals surface area contributed by atoms with Crippen LogP contribution in [0.1, 0.15) is 11.4 Å². The third-order valence-corrected chi connectivity index (χ3v) is 3.00. The van der Waals surface area contributed by atoms with Crippen molar-refractivity contribution in [2.75, 3.05) is 5.73 Å². The van der Waals surface area contributed by atoms with Crippen molar-refractivity contribution in [3.8, 4) is 5.69 Å². The van der Waals surface area contributed by atoms with E-state index in [-0.39, 0.29) is 0 Å². The smallest absolute Gasteiger partial charge is 0.168 e. The van der Waals surface area contributed by atoms with Gasteiger partial charge in [0, 0.05) is 6.20 Å². The minimum absolute atomic E-state index is 0.461. The molecule has 0 atom stereocenters. The molecule has 2 N–H and O–H groups in total. The summed E-state index contributed by atoms with van der Waals surface area (Å²) in [4.78, 5) is 0. The quantitative estimate of drug-likeness (QED) is 0.766. The molecule has 6 heteroatoms. The maximum atomic E-state index is 5.67. The van der Waals surface area contributed by atoms with Crippen molar-refractivity contribution in [2.45, 2.75) is 13.5 Å². The van der Waals surface area contributed by atoms with Gasteiger partial charge in [0.15, 0.2) is 5.82 Å². The SMILES string of the molecule is Cc1c(N)nnn1Cc1ccn(-c2ccccc2)n1. The molecule has 0 saturated carbocycles. The Morgan fingerprint density at radius 3 is 2.63 bits per heavy atom. The van der Waals surface area contributed by atoms with Crippen LogP contribution in [0.5, 0.6) is 0 Å². The molecule has 96 valence electrons. The Morgan fingerprint density at radius 1 is 1.16 bits per heavy atom. The molecule has 0 aliphatic carbocycles. The Hall–Kier alpha value is -2.63. The van der Waals surface area contributed by atoms with Crippen LogP contribution in [0, 0.1) is 6.92 Å². The summed E-state index contributed by atoms with van der Waals surface area (Å²) in [5.41, 5.74) is 8.47. The van der Waals surface area contributed by atoms with E-state index >= 15 is 0 Å². The summed E-state index contributed by atoms with van der Waals surface area (Å²) in [6.45, 7) is 2.46. The molecular formula is C13H14N6. The lowest BCUT2D eigenvalue weighted by Crippen LogP contribution is -2.06. The van der Waals surface area contributed by atoms with Gasteiger partial charge in [-0.05, 0) is 25.1 Å². The van der Waals surface area contributed by atoms with Crippen LogP contribution >= 0.6 is 0 Å². The molecule has 0 aliphatic rings. The molecule has 0 saturated heterocycles. The fraction of sp³-hybridized carbons (Fsp3) is 0.154. The minimum Gasteiger partial charge on any atom is -0.381 e. The number of aromatic nitrogens is 5. The highest BCUT2D eigenvalue weighted by Crippen LogP contribution is 2.10. The lowest BCUT2D eigenvalue weighted by atomic mass is 10.3. The van der Waals surface area contributed by atoms with Gasteiger partial charge in [-0.3, -0.25) is 0 Å². The Labute approximate surface area is 110 Å². The van der Waals surface area contributed by atoms with E-state index in [0.29, 0.717) is 12.4 Å². The van der Waals surface area contributed by atoms with Crippen LogP contribution in [0.2, 0.25) is 0 Å². The molecule has 19 heavy (non-hydrogen) atoms. The average Bonchev–Trinajstić information content (AvgIpc) is 3.02. The topological polar surface area (TPSA) is 74.5 Å². The second-order valence-corrected chi connectivity index (χ2v) is 4.30. The normalized spacial score (nSPS) is 10.8. The number of hydrogen-bond acceptors (Lipinski definition) is 4. The molecule has 0 amide bonds. The number of benzene rings is 1. The zero-order valence-electron chi connectivity index (χ0n) is 10.6. The predicted octanol–water partition coefficient (Wildman–Crippen LogP) is 1.40. The third kappa shape index (κ3) is 2.20. The first-order valence-electron chi connectivity index (χ1n) is 5.99. The molecule has 3 aromatic rings. The third-order valence-electron chi connectivity index (χ3n) is 3.00. The van der Waals surface area contributed by atoms with Crippen LogP contribution in [0.25, 0.3) is 5.69 Å². The van der Waals surface area contributed by atoms with Crippen LogP contribution in [-0.4, -0.2) is 24.8 Å². The van der Waals surface area contributed by atoms with Gasteiger partial charge in [0.1, 0.15) is 0 Å². The first-order chi connectivity index (χ1) is 9.24. The maximum absolute atomic E-state index is 5.67. The molecule has 6 nitrogen and oxygen atoms in total. The number of hydrogen-bond donors (Lipinski definition) is 1. The standard InChI is InChI=1S/C13H14N6/c1-10-13(14)15-17-19(10)9-11-7-8-18(16-11)12-5-3-2-4-6-12/h2-8H,9,14H2,1H3. The molecule has 0 bridgehead atoms. The van der Waals surface area contributed by atoms with Crippen molar-refractivity contribution in [1.29, 1.82) is 0 Å². The number of nitrogens with two attached hydrogens (primary N) is 1. The zero-order valence-corrected chi connectivity index (χ0v) is 10.6. The zero-order chi connectivity index (χ0) is 13.2. The highest BCUT2D eigenvalue weighted by molar-refractivity contribution is 5.32. The Bertz CT molecular complexity index is 682. The van der Waals surface area contributed by atoms with Gasteiger partial charge < -0.3 is 5.73 Å². The van der Waals surface area contributed by atoms with E-state index in [4.69, 9.17) is 5.73 Å². The summed E-state index contributed by atoms with van der Waals surface area (Å²) >= 11 is 0. The van der Waals surface area contributed by atoms with Gasteiger partial charge in [-0.2, -0.15) is 5.10 Å². The first-order valence-corrected chi connectivity index (χ1v) is 5.99. The van der Waals surface area contributed by atoms with E-state index in [1.165, 1.54) is 0 Å². The van der Waals surface area contributed by atoms with Crippen LogP contribution in [0.3, 0.4) is 0 Å². The van der Waals surface area contributed by atoms with Gasteiger partial charge in [0.2, 0.25) is 0 Å². The average molecular weight is 254 g/mol. The number of nitrogens with zero attached hydrogens (tertiary/aromatic N) is 5. The Balaban J connectivity index is 1.84. The molecule has 1 aromatic carbocycles. The molecule has 3 rings (SSSR count). The van der Waals surface area contributed by atoms with E-state index in [0.717, 1.165) is 17.1 Å². The predicted molar refractivity (Wildman–Crippen MR) is 71.8 cm³/mol. The summed E-state index contributed by atoms with van der Waals surface area (Å²) < 4.78 is 3.58. The van der Waals surface area contributed by atoms with Gasteiger partial charge in [0.05, 0.1) is 23.6 Å². The highest BCUT2D eigenvalue weighted by Gasteiger charge is 2.07. The number of rotatable bonds is 3. The number of anilines is 1. The monoisotopic (exact) mass is 254 g/mol. The first kappa shape index (κ1) is 11.5. The van der Waals surface area contributed by atoms with Crippen molar-refractivity contribution in [2.24, 2.45) is 0 Å². The molecule has 0 unspecified atom stereocenters. The highest BCUT2D eigenvalue weighted by atomic mass is 15.4. The van der Waals surface area contributed by atoms with Gasteiger partial charge in [-0.15, -0.1) is 5.10 Å². The van der Waals surface area contributed by atoms with Gasteiger partial charge in [-0.1, -0.05) is 23.4 Å². The molecule has 0 fully saturated rings. The van der Waals surface area contributed by atoms with E-state index in [2.05, 4.69) is 15.4 Å². The molecule has 0 spiro atoms. The Morgan fingerprint density at radius 2 is 1.95 bits per heavy atom. The molecule has 2 aromatic heterocycles. The van der Waals surface area contributed by atoms with Crippen molar-refractivity contribution < 1.29 is 0 Å². The van der Waals surface area contributed by atoms with Crippen molar-refractivity contribution in [1.82, 2.24) is 24.8 Å². The fourth-order valence-electron chi connectivity index (χ4n) is 1.85. The van der Waals surface area contributed by atoms with Crippen LogP contribution < -0.4 is 5.73 Å². The summed E-state index contributed by atoms with van der Waals surface area (Å²) in [7, 11) is 0. The molecule has 2 heterocycles.